The molecule has 1 heterocycles. The zero-order chi connectivity index (χ0) is 18.9. The molecule has 0 aromatic heterocycles. The zero-order valence-corrected chi connectivity index (χ0v) is 16.6. The predicted octanol–water partition coefficient (Wildman–Crippen LogP) is 6.41. The normalized spacial score (nSPS) is 26.4. The van der Waals surface area contributed by atoms with Crippen LogP contribution in [0.5, 0.6) is 0 Å². The van der Waals surface area contributed by atoms with Crippen molar-refractivity contribution in [3.05, 3.63) is 65.2 Å². The maximum atomic E-state index is 6.14. The van der Waals surface area contributed by atoms with Gasteiger partial charge in [-0.05, 0) is 78.5 Å². The Hall–Kier alpha value is -2.32. The fourth-order valence-corrected chi connectivity index (χ4v) is 5.45. The number of nitrogens with one attached hydrogen (secondary N) is 1. The number of ether oxygens (including phenoxy) is 1. The first-order chi connectivity index (χ1) is 12.9. The van der Waals surface area contributed by atoms with E-state index in [2.05, 4.69) is 69.1 Å². The Bertz CT molecular complexity index is 998. The summed E-state index contributed by atoms with van der Waals surface area (Å²) in [5.74, 6) is 1.15. The van der Waals surface area contributed by atoms with E-state index in [9.17, 15) is 0 Å². The van der Waals surface area contributed by atoms with Gasteiger partial charge in [-0.2, -0.15) is 0 Å². The average molecular weight is 357 g/mol. The van der Waals surface area contributed by atoms with Crippen molar-refractivity contribution in [1.29, 1.82) is 0 Å². The van der Waals surface area contributed by atoms with Gasteiger partial charge in [0.25, 0.3) is 0 Å². The quantitative estimate of drug-likeness (QED) is 0.670. The minimum Gasteiger partial charge on any atom is -0.376 e. The van der Waals surface area contributed by atoms with Crippen LogP contribution in [-0.2, 0) is 4.74 Å². The van der Waals surface area contributed by atoms with Crippen LogP contribution in [0, 0.1) is 5.92 Å². The van der Waals surface area contributed by atoms with Gasteiger partial charge in [0.1, 0.15) is 0 Å². The summed E-state index contributed by atoms with van der Waals surface area (Å²) in [7, 11) is 1.87. The summed E-state index contributed by atoms with van der Waals surface area (Å²) in [6, 6.07) is 11.2. The first-order valence-electron chi connectivity index (χ1n) is 9.88. The molecule has 1 fully saturated rings. The van der Waals surface area contributed by atoms with E-state index in [-0.39, 0.29) is 11.6 Å². The second-order valence-corrected chi connectivity index (χ2v) is 8.80. The number of methoxy groups -OCH3 is 1. The monoisotopic (exact) mass is 357 g/mol. The number of benzene rings is 2. The highest BCUT2D eigenvalue weighted by Crippen LogP contribution is 2.62. The van der Waals surface area contributed by atoms with Crippen LogP contribution < -0.4 is 5.32 Å². The first-order valence-corrected chi connectivity index (χ1v) is 9.88. The average Bonchev–Trinajstić information content (AvgIpc) is 3.41. The summed E-state index contributed by atoms with van der Waals surface area (Å²) < 4.78 is 6.14. The lowest BCUT2D eigenvalue weighted by atomic mass is 9.82. The van der Waals surface area contributed by atoms with Crippen LogP contribution in [0.15, 0.2) is 43.0 Å². The topological polar surface area (TPSA) is 21.3 Å². The molecule has 3 atom stereocenters. The molecule has 2 aromatic carbocycles. The Kier molecular flexibility index (Phi) is 3.48. The van der Waals surface area contributed by atoms with Crippen LogP contribution in [-0.4, -0.2) is 12.6 Å². The Morgan fingerprint density at radius 1 is 1.19 bits per heavy atom. The van der Waals surface area contributed by atoms with Crippen LogP contribution in [0.25, 0.3) is 22.8 Å². The lowest BCUT2D eigenvalue weighted by molar-refractivity contribution is 0.0836. The number of hydrogen-bond acceptors (Lipinski definition) is 2. The molecule has 0 saturated heterocycles. The van der Waals surface area contributed by atoms with Crippen molar-refractivity contribution in [2.45, 2.75) is 44.8 Å². The third-order valence-corrected chi connectivity index (χ3v) is 6.46. The number of hydrogen-bond donors (Lipinski definition) is 1. The van der Waals surface area contributed by atoms with Gasteiger partial charge in [0.15, 0.2) is 0 Å². The van der Waals surface area contributed by atoms with Crippen molar-refractivity contribution in [2.75, 3.05) is 12.4 Å². The molecule has 3 aliphatic rings. The van der Waals surface area contributed by atoms with E-state index in [0.29, 0.717) is 11.8 Å². The van der Waals surface area contributed by atoms with Gasteiger partial charge in [-0.25, -0.2) is 0 Å². The molecule has 0 amide bonds. The van der Waals surface area contributed by atoms with Crippen LogP contribution in [0.2, 0.25) is 0 Å². The molecule has 1 aliphatic heterocycles. The van der Waals surface area contributed by atoms with Gasteiger partial charge in [0, 0.05) is 18.4 Å². The predicted molar refractivity (Wildman–Crippen MR) is 114 cm³/mol. The van der Waals surface area contributed by atoms with E-state index in [0.717, 1.165) is 0 Å². The van der Waals surface area contributed by atoms with Crippen LogP contribution in [0.3, 0.4) is 0 Å². The Morgan fingerprint density at radius 3 is 2.74 bits per heavy atom. The third-order valence-electron chi connectivity index (χ3n) is 6.46. The van der Waals surface area contributed by atoms with Gasteiger partial charge >= 0.3 is 0 Å². The molecular formula is C25H27NO. The molecule has 2 aliphatic carbocycles. The van der Waals surface area contributed by atoms with Gasteiger partial charge in [-0.15, -0.1) is 0 Å². The third kappa shape index (κ3) is 2.36. The largest absolute Gasteiger partial charge is 0.376 e. The summed E-state index contributed by atoms with van der Waals surface area (Å²) in [5.41, 5.74) is 10.6. The molecule has 27 heavy (non-hydrogen) atoms. The molecule has 0 bridgehead atoms. The van der Waals surface area contributed by atoms with E-state index in [4.69, 9.17) is 4.74 Å². The van der Waals surface area contributed by atoms with Gasteiger partial charge in [-0.1, -0.05) is 43.0 Å². The SMILES string of the molecule is C=Cc1cccc2c1-c1ccc3c(c1C(OC)C1C[C@H]21)C(C)=CC(C)(C)N3. The van der Waals surface area contributed by atoms with Crippen molar-refractivity contribution >= 4 is 17.3 Å². The molecule has 2 heteroatoms. The van der Waals surface area contributed by atoms with Gasteiger partial charge in [0.05, 0.1) is 11.6 Å². The summed E-state index contributed by atoms with van der Waals surface area (Å²) in [6.07, 6.45) is 5.68. The zero-order valence-electron chi connectivity index (χ0n) is 16.6. The number of anilines is 1. The van der Waals surface area contributed by atoms with Crippen LogP contribution >= 0.6 is 0 Å². The molecule has 0 radical (unpaired) electrons. The number of rotatable bonds is 2. The number of fused-ring (bicyclic) bond motifs is 7. The van der Waals surface area contributed by atoms with Gasteiger partial charge in [0.2, 0.25) is 0 Å². The summed E-state index contributed by atoms with van der Waals surface area (Å²) in [5, 5.41) is 3.71. The number of allylic oxidation sites excluding steroid dienone is 1. The molecule has 1 saturated carbocycles. The maximum Gasteiger partial charge on any atom is 0.0867 e. The smallest absolute Gasteiger partial charge is 0.0867 e. The highest BCUT2D eigenvalue weighted by Gasteiger charge is 2.50. The molecule has 1 N–H and O–H groups in total. The molecule has 2 aromatic rings. The molecule has 5 rings (SSSR count). The van der Waals surface area contributed by atoms with E-state index >= 15 is 0 Å². The lowest BCUT2D eigenvalue weighted by Gasteiger charge is -2.34. The Morgan fingerprint density at radius 2 is 2.00 bits per heavy atom. The van der Waals surface area contributed by atoms with Crippen molar-refractivity contribution in [2.24, 2.45) is 5.92 Å². The summed E-state index contributed by atoms with van der Waals surface area (Å²) >= 11 is 0. The Labute approximate surface area is 161 Å². The molecular weight excluding hydrogens is 330 g/mol. The minimum absolute atomic E-state index is 0.0368. The van der Waals surface area contributed by atoms with Gasteiger partial charge < -0.3 is 10.1 Å². The second-order valence-electron chi connectivity index (χ2n) is 8.80. The lowest BCUT2D eigenvalue weighted by Crippen LogP contribution is -2.32. The second kappa shape index (κ2) is 5.59. The molecule has 0 spiro atoms. The minimum atomic E-state index is -0.0368. The van der Waals surface area contributed by atoms with Crippen molar-refractivity contribution in [3.8, 4) is 11.1 Å². The van der Waals surface area contributed by atoms with E-state index in [1.54, 1.807) is 0 Å². The summed E-state index contributed by atoms with van der Waals surface area (Å²) in [4.78, 5) is 0. The highest BCUT2D eigenvalue weighted by atomic mass is 16.5. The van der Waals surface area contributed by atoms with Crippen molar-refractivity contribution < 1.29 is 4.74 Å². The fourth-order valence-electron chi connectivity index (χ4n) is 5.45. The molecule has 2 nitrogen and oxygen atoms in total. The van der Waals surface area contributed by atoms with Crippen molar-refractivity contribution in [3.63, 3.8) is 0 Å². The molecule has 2 unspecified atom stereocenters. The first kappa shape index (κ1) is 16.8. The van der Waals surface area contributed by atoms with E-state index in [1.807, 2.05) is 13.2 Å². The molecule has 138 valence electrons. The van der Waals surface area contributed by atoms with E-state index in [1.165, 1.54) is 51.1 Å². The highest BCUT2D eigenvalue weighted by molar-refractivity contribution is 5.91. The summed E-state index contributed by atoms with van der Waals surface area (Å²) in [6.45, 7) is 10.8. The van der Waals surface area contributed by atoms with Crippen LogP contribution in [0.1, 0.15) is 61.5 Å². The fraction of sp³-hybridized carbons (Fsp3) is 0.360. The Balaban J connectivity index is 1.86. The van der Waals surface area contributed by atoms with Crippen LogP contribution in [0.4, 0.5) is 5.69 Å². The van der Waals surface area contributed by atoms with E-state index < -0.39 is 0 Å². The maximum absolute atomic E-state index is 6.14. The van der Waals surface area contributed by atoms with Gasteiger partial charge in [-0.3, -0.25) is 0 Å². The van der Waals surface area contributed by atoms with Crippen molar-refractivity contribution in [1.82, 2.24) is 0 Å². The standard InChI is InChI=1S/C25H27NO/c1-6-15-8-7-9-16-18-12-19(18)24(27-5)23-17(22(15)16)10-11-20-21(23)14(2)13-25(3,4)26-20/h6-11,13,18-19,24,26H,1,12H2,2-5H3/t18-,19?,24?/m1/s1.